The number of aryl methyl sites for hydroxylation is 1. The fourth-order valence-corrected chi connectivity index (χ4v) is 2.32. The maximum Gasteiger partial charge on any atom is 0.315 e. The van der Waals surface area contributed by atoms with Gasteiger partial charge in [0.15, 0.2) is 4.80 Å². The van der Waals surface area contributed by atoms with Crippen LogP contribution in [0.5, 0.6) is 0 Å². The van der Waals surface area contributed by atoms with Gasteiger partial charge in [-0.05, 0) is 5.56 Å². The smallest absolute Gasteiger partial charge is 0.315 e. The van der Waals surface area contributed by atoms with Gasteiger partial charge in [0.1, 0.15) is 6.54 Å². The average Bonchev–Trinajstić information content (AvgIpc) is 2.89. The van der Waals surface area contributed by atoms with Gasteiger partial charge in [0, 0.05) is 25.2 Å². The molecular weight excluding hydrogens is 288 g/mol. The summed E-state index contributed by atoms with van der Waals surface area (Å²) < 4.78 is 1.75. The van der Waals surface area contributed by atoms with Crippen LogP contribution >= 0.6 is 11.3 Å². The lowest BCUT2D eigenvalue weighted by Crippen LogP contribution is -2.38. The van der Waals surface area contributed by atoms with E-state index >= 15 is 0 Å². The Morgan fingerprint density at radius 1 is 1.24 bits per heavy atom. The van der Waals surface area contributed by atoms with Gasteiger partial charge in [-0.25, -0.2) is 4.79 Å². The van der Waals surface area contributed by atoms with E-state index in [1.807, 2.05) is 49.0 Å². The summed E-state index contributed by atoms with van der Waals surface area (Å²) in [6.07, 6.45) is 1.82. The fourth-order valence-electron chi connectivity index (χ4n) is 1.58. The van der Waals surface area contributed by atoms with Crippen LogP contribution in [-0.4, -0.2) is 23.1 Å². The molecule has 0 aliphatic carbocycles. The standard InChI is InChI=1S/C14H16N4O2S/c1-18-7-8-21-14(18)17-12(19)10-16-13(20)15-9-11-5-3-2-4-6-11/h2-8H,9-10H2,1H3,(H2,15,16,20). The van der Waals surface area contributed by atoms with Crippen LogP contribution in [0.15, 0.2) is 46.9 Å². The molecule has 0 fully saturated rings. The van der Waals surface area contributed by atoms with Gasteiger partial charge in [-0.1, -0.05) is 30.3 Å². The fraction of sp³-hybridized carbons (Fsp3) is 0.214. The largest absolute Gasteiger partial charge is 0.334 e. The summed E-state index contributed by atoms with van der Waals surface area (Å²) in [7, 11) is 1.81. The SMILES string of the molecule is Cn1ccsc1=NC(=O)CNC(=O)NCc1ccccc1. The van der Waals surface area contributed by atoms with Crippen LogP contribution in [0.4, 0.5) is 4.79 Å². The first kappa shape index (κ1) is 15.0. The van der Waals surface area contributed by atoms with E-state index in [0.717, 1.165) is 5.56 Å². The van der Waals surface area contributed by atoms with Gasteiger partial charge in [0.2, 0.25) is 0 Å². The quantitative estimate of drug-likeness (QED) is 0.884. The highest BCUT2D eigenvalue weighted by atomic mass is 32.1. The molecule has 1 aromatic carbocycles. The molecule has 2 aromatic rings. The summed E-state index contributed by atoms with van der Waals surface area (Å²) in [5.41, 5.74) is 0.995. The van der Waals surface area contributed by atoms with E-state index in [2.05, 4.69) is 15.6 Å². The molecule has 21 heavy (non-hydrogen) atoms. The molecule has 2 N–H and O–H groups in total. The second-order valence-electron chi connectivity index (χ2n) is 4.32. The summed E-state index contributed by atoms with van der Waals surface area (Å²) in [5.74, 6) is -0.386. The zero-order valence-electron chi connectivity index (χ0n) is 11.6. The van der Waals surface area contributed by atoms with Crippen LogP contribution in [0.2, 0.25) is 0 Å². The van der Waals surface area contributed by atoms with Crippen molar-refractivity contribution in [2.24, 2.45) is 12.0 Å². The van der Waals surface area contributed by atoms with Gasteiger partial charge >= 0.3 is 6.03 Å². The first-order valence-electron chi connectivity index (χ1n) is 6.38. The summed E-state index contributed by atoms with van der Waals surface area (Å²) in [6, 6.07) is 9.15. The highest BCUT2D eigenvalue weighted by molar-refractivity contribution is 7.07. The van der Waals surface area contributed by atoms with Crippen molar-refractivity contribution >= 4 is 23.3 Å². The van der Waals surface area contributed by atoms with Crippen molar-refractivity contribution in [1.29, 1.82) is 0 Å². The second-order valence-corrected chi connectivity index (χ2v) is 5.20. The van der Waals surface area contributed by atoms with Crippen molar-refractivity contribution in [2.45, 2.75) is 6.54 Å². The minimum absolute atomic E-state index is 0.126. The van der Waals surface area contributed by atoms with Gasteiger partial charge < -0.3 is 15.2 Å². The van der Waals surface area contributed by atoms with Gasteiger partial charge in [0.05, 0.1) is 0 Å². The summed E-state index contributed by atoms with van der Waals surface area (Å²) >= 11 is 1.37. The molecule has 3 amide bonds. The lowest BCUT2D eigenvalue weighted by molar-refractivity contribution is -0.117. The molecule has 1 heterocycles. The molecule has 6 nitrogen and oxygen atoms in total. The monoisotopic (exact) mass is 304 g/mol. The normalized spacial score (nSPS) is 11.2. The number of benzene rings is 1. The Balaban J connectivity index is 1.77. The van der Waals surface area contributed by atoms with Crippen LogP contribution in [0.25, 0.3) is 0 Å². The maximum absolute atomic E-state index is 11.6. The zero-order chi connectivity index (χ0) is 15.1. The number of thiazole rings is 1. The molecule has 2 rings (SSSR count). The molecule has 0 aliphatic rings. The highest BCUT2D eigenvalue weighted by Gasteiger charge is 2.04. The lowest BCUT2D eigenvalue weighted by Gasteiger charge is -2.05. The van der Waals surface area contributed by atoms with E-state index in [9.17, 15) is 9.59 Å². The number of amides is 3. The van der Waals surface area contributed by atoms with Crippen molar-refractivity contribution in [2.75, 3.05) is 6.54 Å². The summed E-state index contributed by atoms with van der Waals surface area (Å²) in [5, 5.41) is 7.00. The molecule has 1 aromatic heterocycles. The Morgan fingerprint density at radius 2 is 2.00 bits per heavy atom. The van der Waals surface area contributed by atoms with Crippen molar-refractivity contribution < 1.29 is 9.59 Å². The molecule has 0 spiro atoms. The predicted octanol–water partition coefficient (Wildman–Crippen LogP) is 1.01. The Morgan fingerprint density at radius 3 is 2.67 bits per heavy atom. The number of aromatic nitrogens is 1. The van der Waals surface area contributed by atoms with Gasteiger partial charge in [0.25, 0.3) is 5.91 Å². The summed E-state index contributed by atoms with van der Waals surface area (Å²) in [4.78, 5) is 27.7. The highest BCUT2D eigenvalue weighted by Crippen LogP contribution is 1.96. The average molecular weight is 304 g/mol. The van der Waals surface area contributed by atoms with Crippen LogP contribution in [0.3, 0.4) is 0 Å². The molecule has 0 radical (unpaired) electrons. The van der Waals surface area contributed by atoms with Gasteiger partial charge in [-0.3, -0.25) is 4.79 Å². The number of hydrogen-bond acceptors (Lipinski definition) is 3. The molecule has 0 unspecified atom stereocenters. The third kappa shape index (κ3) is 4.88. The van der Waals surface area contributed by atoms with Crippen molar-refractivity contribution in [1.82, 2.24) is 15.2 Å². The minimum Gasteiger partial charge on any atom is -0.334 e. The zero-order valence-corrected chi connectivity index (χ0v) is 12.4. The number of urea groups is 1. The second kappa shape index (κ2) is 7.39. The van der Waals surface area contributed by atoms with E-state index in [1.165, 1.54) is 11.3 Å². The van der Waals surface area contributed by atoms with E-state index < -0.39 is 6.03 Å². The third-order valence-electron chi connectivity index (χ3n) is 2.68. The van der Waals surface area contributed by atoms with E-state index in [1.54, 1.807) is 4.57 Å². The maximum atomic E-state index is 11.6. The number of rotatable bonds is 4. The molecule has 0 bridgehead atoms. The topological polar surface area (TPSA) is 75.5 Å². The molecule has 110 valence electrons. The van der Waals surface area contributed by atoms with Crippen LogP contribution in [0, 0.1) is 0 Å². The Kier molecular flexibility index (Phi) is 5.28. The molecular formula is C14H16N4O2S. The summed E-state index contributed by atoms with van der Waals surface area (Å²) in [6.45, 7) is 0.288. The van der Waals surface area contributed by atoms with Crippen LogP contribution in [-0.2, 0) is 18.4 Å². The van der Waals surface area contributed by atoms with E-state index in [-0.39, 0.29) is 12.5 Å². The Labute approximate surface area is 126 Å². The molecule has 0 aliphatic heterocycles. The number of carbonyl (C=O) groups excluding carboxylic acids is 2. The third-order valence-corrected chi connectivity index (χ3v) is 3.52. The molecule has 0 saturated heterocycles. The molecule has 0 saturated carbocycles. The van der Waals surface area contributed by atoms with Gasteiger partial charge in [-0.2, -0.15) is 4.99 Å². The van der Waals surface area contributed by atoms with Crippen molar-refractivity contribution in [3.8, 4) is 0 Å². The first-order chi connectivity index (χ1) is 10.1. The Hall–Kier alpha value is -2.41. The number of nitrogens with one attached hydrogen (secondary N) is 2. The molecule has 0 atom stereocenters. The number of nitrogens with zero attached hydrogens (tertiary/aromatic N) is 2. The Bertz CT molecular complexity index is 676. The molecule has 7 heteroatoms. The van der Waals surface area contributed by atoms with Crippen molar-refractivity contribution in [3.63, 3.8) is 0 Å². The van der Waals surface area contributed by atoms with Crippen LogP contribution < -0.4 is 15.4 Å². The number of hydrogen-bond donors (Lipinski definition) is 2. The predicted molar refractivity (Wildman–Crippen MR) is 80.5 cm³/mol. The van der Waals surface area contributed by atoms with Gasteiger partial charge in [-0.15, -0.1) is 11.3 Å². The minimum atomic E-state index is -0.391. The van der Waals surface area contributed by atoms with Crippen LogP contribution in [0.1, 0.15) is 5.56 Å². The number of carbonyl (C=O) groups is 2. The van der Waals surface area contributed by atoms with E-state index in [4.69, 9.17) is 0 Å². The van der Waals surface area contributed by atoms with Crippen molar-refractivity contribution in [3.05, 3.63) is 52.3 Å². The van der Waals surface area contributed by atoms with E-state index in [0.29, 0.717) is 11.3 Å². The first-order valence-corrected chi connectivity index (χ1v) is 7.26. The lowest BCUT2D eigenvalue weighted by atomic mass is 10.2.